The molecule has 0 amide bonds. The van der Waals surface area contributed by atoms with Crippen LogP contribution in [0.3, 0.4) is 0 Å². The minimum Gasteiger partial charge on any atom is -0.389 e. The molecule has 1 aliphatic carbocycles. The summed E-state index contributed by atoms with van der Waals surface area (Å²) >= 11 is 0. The Morgan fingerprint density at radius 1 is 1.53 bits per heavy atom. The molecule has 0 aromatic carbocycles. The van der Waals surface area contributed by atoms with E-state index < -0.39 is 5.60 Å². The van der Waals surface area contributed by atoms with E-state index in [1.807, 2.05) is 14.0 Å². The van der Waals surface area contributed by atoms with Gasteiger partial charge in [-0.2, -0.15) is 0 Å². The Hall–Kier alpha value is -0.120. The number of ether oxygens (including phenoxy) is 1. The van der Waals surface area contributed by atoms with Crippen molar-refractivity contribution < 1.29 is 9.84 Å². The van der Waals surface area contributed by atoms with E-state index >= 15 is 0 Å². The predicted octanol–water partition coefficient (Wildman–Crippen LogP) is 1.31. The van der Waals surface area contributed by atoms with Gasteiger partial charge in [-0.05, 0) is 52.0 Å². The molecule has 1 saturated carbocycles. The quantitative estimate of drug-likeness (QED) is 0.742. The predicted molar refractivity (Wildman–Crippen MR) is 59.8 cm³/mol. The Kier molecular flexibility index (Phi) is 3.06. The molecular formula is C12H23NO2. The molecule has 2 fully saturated rings. The molecule has 15 heavy (non-hydrogen) atoms. The van der Waals surface area contributed by atoms with Crippen LogP contribution in [0, 0.1) is 5.92 Å². The summed E-state index contributed by atoms with van der Waals surface area (Å²) in [5, 5.41) is 13.5. The van der Waals surface area contributed by atoms with Crippen LogP contribution in [-0.4, -0.2) is 36.5 Å². The zero-order valence-electron chi connectivity index (χ0n) is 9.88. The lowest BCUT2D eigenvalue weighted by molar-refractivity contribution is -0.171. The summed E-state index contributed by atoms with van der Waals surface area (Å²) in [5.41, 5.74) is -0.443. The van der Waals surface area contributed by atoms with Gasteiger partial charge in [0.1, 0.15) is 0 Å². The van der Waals surface area contributed by atoms with Crippen molar-refractivity contribution in [2.24, 2.45) is 5.92 Å². The Bertz CT molecular complexity index is 224. The molecule has 2 N–H and O–H groups in total. The second-order valence-electron chi connectivity index (χ2n) is 5.46. The van der Waals surface area contributed by atoms with E-state index in [0.717, 1.165) is 19.4 Å². The molecule has 2 aliphatic rings. The maximum absolute atomic E-state index is 10.4. The number of hydrogen-bond donors (Lipinski definition) is 2. The van der Waals surface area contributed by atoms with Gasteiger partial charge in [0.2, 0.25) is 0 Å². The zero-order chi connectivity index (χ0) is 10.9. The first-order valence-corrected chi connectivity index (χ1v) is 6.09. The first kappa shape index (κ1) is 11.4. The van der Waals surface area contributed by atoms with Gasteiger partial charge in [-0.1, -0.05) is 0 Å². The molecular weight excluding hydrogens is 190 g/mol. The smallest absolute Gasteiger partial charge is 0.0773 e. The van der Waals surface area contributed by atoms with Gasteiger partial charge in [0.25, 0.3) is 0 Å². The highest BCUT2D eigenvalue weighted by Crippen LogP contribution is 2.46. The fourth-order valence-corrected chi connectivity index (χ4v) is 2.98. The standard InChI is InChI=1S/C12H23NO2/c1-11(14,9-13-2)10-4-7-15-12(8-10)5-3-6-12/h10,13-14H,3-9H2,1-2H3. The normalized spacial score (nSPS) is 33.4. The van der Waals surface area contributed by atoms with Crippen LogP contribution in [0.2, 0.25) is 0 Å². The zero-order valence-corrected chi connectivity index (χ0v) is 9.88. The van der Waals surface area contributed by atoms with Crippen LogP contribution in [-0.2, 0) is 4.74 Å². The van der Waals surface area contributed by atoms with Crippen LogP contribution in [0.25, 0.3) is 0 Å². The first-order chi connectivity index (χ1) is 7.08. The molecule has 3 heteroatoms. The average molecular weight is 213 g/mol. The van der Waals surface area contributed by atoms with Crippen molar-refractivity contribution in [1.29, 1.82) is 0 Å². The Morgan fingerprint density at radius 3 is 2.80 bits per heavy atom. The van der Waals surface area contributed by atoms with Crippen molar-refractivity contribution in [2.75, 3.05) is 20.2 Å². The first-order valence-electron chi connectivity index (χ1n) is 6.09. The maximum Gasteiger partial charge on any atom is 0.0773 e. The number of nitrogens with one attached hydrogen (secondary N) is 1. The summed E-state index contributed by atoms with van der Waals surface area (Å²) < 4.78 is 5.87. The van der Waals surface area contributed by atoms with E-state index in [9.17, 15) is 5.11 Å². The minimum absolute atomic E-state index is 0.140. The number of likely N-dealkylation sites (N-methyl/N-ethyl adjacent to an activating group) is 1. The third kappa shape index (κ3) is 2.19. The highest BCUT2D eigenvalue weighted by molar-refractivity contribution is 4.98. The highest BCUT2D eigenvalue weighted by atomic mass is 16.5. The van der Waals surface area contributed by atoms with Crippen LogP contribution < -0.4 is 5.32 Å². The Labute approximate surface area is 92.2 Å². The molecule has 1 aliphatic heterocycles. The lowest BCUT2D eigenvalue weighted by Crippen LogP contribution is -2.53. The molecule has 1 saturated heterocycles. The number of aliphatic hydroxyl groups is 1. The molecule has 0 aromatic heterocycles. The van der Waals surface area contributed by atoms with Crippen LogP contribution in [0.15, 0.2) is 0 Å². The van der Waals surface area contributed by atoms with E-state index in [1.54, 1.807) is 0 Å². The molecule has 0 aromatic rings. The third-order valence-corrected chi connectivity index (χ3v) is 4.17. The van der Waals surface area contributed by atoms with Crippen molar-refractivity contribution in [2.45, 2.75) is 50.2 Å². The molecule has 2 atom stereocenters. The van der Waals surface area contributed by atoms with E-state index in [-0.39, 0.29) is 5.60 Å². The van der Waals surface area contributed by atoms with Gasteiger partial charge in [-0.15, -0.1) is 0 Å². The summed E-state index contributed by atoms with van der Waals surface area (Å²) in [4.78, 5) is 0. The Balaban J connectivity index is 1.97. The van der Waals surface area contributed by atoms with Gasteiger partial charge >= 0.3 is 0 Å². The molecule has 1 heterocycles. The lowest BCUT2D eigenvalue weighted by Gasteiger charge is -2.50. The molecule has 88 valence electrons. The molecule has 2 unspecified atom stereocenters. The lowest BCUT2D eigenvalue weighted by atomic mass is 9.68. The monoisotopic (exact) mass is 213 g/mol. The minimum atomic E-state index is -0.582. The van der Waals surface area contributed by atoms with Crippen molar-refractivity contribution in [1.82, 2.24) is 5.32 Å². The topological polar surface area (TPSA) is 41.5 Å². The largest absolute Gasteiger partial charge is 0.389 e. The molecule has 3 nitrogen and oxygen atoms in total. The van der Waals surface area contributed by atoms with Gasteiger partial charge in [0.15, 0.2) is 0 Å². The second-order valence-corrected chi connectivity index (χ2v) is 5.46. The molecule has 0 bridgehead atoms. The van der Waals surface area contributed by atoms with Gasteiger partial charge in [-0.25, -0.2) is 0 Å². The SMILES string of the molecule is CNCC(C)(O)C1CCOC2(CCC2)C1. The van der Waals surface area contributed by atoms with E-state index in [2.05, 4.69) is 5.32 Å². The molecule has 0 radical (unpaired) electrons. The van der Waals surface area contributed by atoms with Crippen LogP contribution in [0.4, 0.5) is 0 Å². The van der Waals surface area contributed by atoms with Crippen LogP contribution in [0.1, 0.15) is 39.0 Å². The fraction of sp³-hybridized carbons (Fsp3) is 1.00. The third-order valence-electron chi connectivity index (χ3n) is 4.17. The van der Waals surface area contributed by atoms with Crippen LogP contribution in [0.5, 0.6) is 0 Å². The van der Waals surface area contributed by atoms with Crippen molar-refractivity contribution in [3.05, 3.63) is 0 Å². The van der Waals surface area contributed by atoms with Gasteiger partial charge < -0.3 is 15.2 Å². The van der Waals surface area contributed by atoms with E-state index in [0.29, 0.717) is 12.5 Å². The van der Waals surface area contributed by atoms with Gasteiger partial charge in [0, 0.05) is 13.2 Å². The highest BCUT2D eigenvalue weighted by Gasteiger charge is 2.46. The number of hydrogen-bond acceptors (Lipinski definition) is 3. The van der Waals surface area contributed by atoms with E-state index in [4.69, 9.17) is 4.74 Å². The van der Waals surface area contributed by atoms with Crippen molar-refractivity contribution >= 4 is 0 Å². The van der Waals surface area contributed by atoms with E-state index in [1.165, 1.54) is 19.3 Å². The summed E-state index contributed by atoms with van der Waals surface area (Å²) in [6.07, 6.45) is 5.72. The summed E-state index contributed by atoms with van der Waals surface area (Å²) in [6, 6.07) is 0. The van der Waals surface area contributed by atoms with Crippen LogP contribution >= 0.6 is 0 Å². The Morgan fingerprint density at radius 2 is 2.27 bits per heavy atom. The molecule has 1 spiro atoms. The second kappa shape index (κ2) is 4.04. The number of rotatable bonds is 3. The van der Waals surface area contributed by atoms with Gasteiger partial charge in [-0.3, -0.25) is 0 Å². The summed E-state index contributed by atoms with van der Waals surface area (Å²) in [6.45, 7) is 3.45. The average Bonchev–Trinajstić information content (AvgIpc) is 2.16. The van der Waals surface area contributed by atoms with Gasteiger partial charge in [0.05, 0.1) is 11.2 Å². The maximum atomic E-state index is 10.4. The summed E-state index contributed by atoms with van der Waals surface area (Å²) in [7, 11) is 1.90. The fourth-order valence-electron chi connectivity index (χ4n) is 2.98. The summed E-state index contributed by atoms with van der Waals surface area (Å²) in [5.74, 6) is 0.388. The van der Waals surface area contributed by atoms with Crippen molar-refractivity contribution in [3.63, 3.8) is 0 Å². The molecule has 2 rings (SSSR count). The van der Waals surface area contributed by atoms with Crippen molar-refractivity contribution in [3.8, 4) is 0 Å².